The fourth-order valence-corrected chi connectivity index (χ4v) is 2.48. The molecule has 0 radical (unpaired) electrons. The highest BCUT2D eigenvalue weighted by Crippen LogP contribution is 2.28. The number of rotatable bonds is 6. The largest absolute Gasteiger partial charge is 0.491 e. The lowest BCUT2D eigenvalue weighted by Crippen LogP contribution is -2.31. The first-order valence-electron chi connectivity index (χ1n) is 5.86. The Morgan fingerprint density at radius 3 is 2.55 bits per heavy atom. The second-order valence-corrected chi connectivity index (χ2v) is 7.32. The molecule has 0 aliphatic heterocycles. The second-order valence-electron chi connectivity index (χ2n) is 4.35. The van der Waals surface area contributed by atoms with Crippen molar-refractivity contribution in [3.8, 4) is 5.75 Å². The van der Waals surface area contributed by atoms with Crippen molar-refractivity contribution in [1.29, 1.82) is 0 Å². The molecule has 1 aromatic rings. The molecule has 112 valence electrons. The van der Waals surface area contributed by atoms with E-state index in [0.717, 1.165) is 0 Å². The maximum Gasteiger partial charge on any atom is 0.261 e. The Morgan fingerprint density at radius 1 is 1.40 bits per heavy atom. The number of amides is 1. The van der Waals surface area contributed by atoms with Crippen molar-refractivity contribution in [3.05, 3.63) is 23.2 Å². The van der Waals surface area contributed by atoms with E-state index in [4.69, 9.17) is 27.0 Å². The smallest absolute Gasteiger partial charge is 0.261 e. The number of nitrogens with one attached hydrogen (secondary N) is 1. The van der Waals surface area contributed by atoms with Crippen LogP contribution < -0.4 is 10.1 Å². The molecule has 8 heteroatoms. The predicted molar refractivity (Wildman–Crippen MR) is 77.9 cm³/mol. The lowest BCUT2D eigenvalue weighted by molar-refractivity contribution is -0.122. The first kappa shape index (κ1) is 17.1. The van der Waals surface area contributed by atoms with Crippen LogP contribution in [0.4, 0.5) is 0 Å². The summed E-state index contributed by atoms with van der Waals surface area (Å²) in [6, 6.07) is 3.96. The summed E-state index contributed by atoms with van der Waals surface area (Å²) in [6.07, 6.45) is 0.185. The molecular formula is C12H15Cl2NO4S. The van der Waals surface area contributed by atoms with Crippen LogP contribution in [0.1, 0.15) is 20.3 Å². The molecule has 0 heterocycles. The highest BCUT2D eigenvalue weighted by molar-refractivity contribution is 8.13. The zero-order valence-corrected chi connectivity index (χ0v) is 13.3. The molecule has 20 heavy (non-hydrogen) atoms. The Morgan fingerprint density at radius 2 is 2.05 bits per heavy atom. The van der Waals surface area contributed by atoms with E-state index >= 15 is 0 Å². The quantitative estimate of drug-likeness (QED) is 0.808. The zero-order chi connectivity index (χ0) is 15.3. The number of halogens is 2. The van der Waals surface area contributed by atoms with Crippen molar-refractivity contribution >= 4 is 37.2 Å². The Bertz CT molecular complexity index is 587. The molecule has 0 atom stereocenters. The molecule has 0 unspecified atom stereocenters. The second kappa shape index (κ2) is 7.15. The van der Waals surface area contributed by atoms with Crippen LogP contribution >= 0.6 is 22.3 Å². The van der Waals surface area contributed by atoms with Crippen LogP contribution in [0.15, 0.2) is 23.1 Å². The van der Waals surface area contributed by atoms with Crippen molar-refractivity contribution in [2.75, 3.05) is 6.61 Å². The molecule has 0 aliphatic rings. The maximum absolute atomic E-state index is 11.4. The van der Waals surface area contributed by atoms with Crippen molar-refractivity contribution in [2.45, 2.75) is 31.2 Å². The number of carbonyl (C=O) groups excluding carboxylic acids is 1. The van der Waals surface area contributed by atoms with E-state index in [0.29, 0.717) is 5.75 Å². The first-order valence-corrected chi connectivity index (χ1v) is 8.55. The molecular weight excluding hydrogens is 325 g/mol. The van der Waals surface area contributed by atoms with Crippen LogP contribution in [0.2, 0.25) is 5.02 Å². The third-order valence-corrected chi connectivity index (χ3v) is 3.87. The Balaban J connectivity index is 2.60. The van der Waals surface area contributed by atoms with E-state index in [-0.39, 0.29) is 34.9 Å². The van der Waals surface area contributed by atoms with E-state index in [1.54, 1.807) is 0 Å². The van der Waals surface area contributed by atoms with Gasteiger partial charge in [-0.05, 0) is 32.0 Å². The summed E-state index contributed by atoms with van der Waals surface area (Å²) in [7, 11) is 1.38. The monoisotopic (exact) mass is 339 g/mol. The van der Waals surface area contributed by atoms with E-state index in [1.807, 2.05) is 13.8 Å². The van der Waals surface area contributed by atoms with Gasteiger partial charge in [-0.25, -0.2) is 8.42 Å². The number of benzene rings is 1. The summed E-state index contributed by atoms with van der Waals surface area (Å²) in [5.74, 6) is 0.171. The van der Waals surface area contributed by atoms with Gasteiger partial charge in [-0.3, -0.25) is 4.79 Å². The molecule has 0 spiro atoms. The van der Waals surface area contributed by atoms with Gasteiger partial charge < -0.3 is 10.1 Å². The van der Waals surface area contributed by atoms with Gasteiger partial charge in [0.1, 0.15) is 5.75 Å². The summed E-state index contributed by atoms with van der Waals surface area (Å²) < 4.78 is 27.6. The number of ether oxygens (including phenoxy) is 1. The SMILES string of the molecule is CC(C)NC(=O)CCOc1ccc(S(=O)(=O)Cl)cc1Cl. The van der Waals surface area contributed by atoms with Gasteiger partial charge in [0.05, 0.1) is 22.9 Å². The topological polar surface area (TPSA) is 72.5 Å². The van der Waals surface area contributed by atoms with E-state index in [1.165, 1.54) is 18.2 Å². The van der Waals surface area contributed by atoms with Crippen LogP contribution in [0.25, 0.3) is 0 Å². The highest BCUT2D eigenvalue weighted by Gasteiger charge is 2.13. The normalized spacial score (nSPS) is 11.4. The third kappa shape index (κ3) is 5.56. The molecule has 5 nitrogen and oxygen atoms in total. The summed E-state index contributed by atoms with van der Waals surface area (Å²) in [4.78, 5) is 11.3. The van der Waals surface area contributed by atoms with Crippen LogP contribution in [0.3, 0.4) is 0 Å². The Labute approximate surface area is 127 Å². The molecule has 0 bridgehead atoms. The summed E-state index contributed by atoms with van der Waals surface area (Å²) in [6.45, 7) is 3.87. The van der Waals surface area contributed by atoms with Crippen LogP contribution in [0, 0.1) is 0 Å². The number of carbonyl (C=O) groups is 1. The molecule has 1 rings (SSSR count). The average molecular weight is 340 g/mol. The molecule has 0 saturated heterocycles. The molecule has 0 saturated carbocycles. The van der Waals surface area contributed by atoms with Crippen LogP contribution in [0.5, 0.6) is 5.75 Å². The fraction of sp³-hybridized carbons (Fsp3) is 0.417. The van der Waals surface area contributed by atoms with Crippen LogP contribution in [-0.4, -0.2) is 27.0 Å². The van der Waals surface area contributed by atoms with Gasteiger partial charge in [0.25, 0.3) is 9.05 Å². The van der Waals surface area contributed by atoms with Gasteiger partial charge in [-0.15, -0.1) is 0 Å². The van der Waals surface area contributed by atoms with Crippen molar-refractivity contribution in [3.63, 3.8) is 0 Å². The highest BCUT2D eigenvalue weighted by atomic mass is 35.7. The Kier molecular flexibility index (Phi) is 6.10. The van der Waals surface area contributed by atoms with Gasteiger partial charge >= 0.3 is 0 Å². The van der Waals surface area contributed by atoms with E-state index in [2.05, 4.69) is 5.32 Å². The van der Waals surface area contributed by atoms with E-state index < -0.39 is 9.05 Å². The lowest BCUT2D eigenvalue weighted by Gasteiger charge is -2.10. The lowest BCUT2D eigenvalue weighted by atomic mass is 10.3. The maximum atomic E-state index is 11.4. The number of hydrogen-bond acceptors (Lipinski definition) is 4. The minimum absolute atomic E-state index is 0.0688. The van der Waals surface area contributed by atoms with Gasteiger partial charge in [0.15, 0.2) is 0 Å². The molecule has 1 amide bonds. The zero-order valence-electron chi connectivity index (χ0n) is 11.0. The minimum Gasteiger partial charge on any atom is -0.491 e. The molecule has 0 aromatic heterocycles. The van der Waals surface area contributed by atoms with Gasteiger partial charge in [-0.1, -0.05) is 11.6 Å². The van der Waals surface area contributed by atoms with Crippen LogP contribution in [-0.2, 0) is 13.8 Å². The summed E-state index contributed by atoms with van der Waals surface area (Å²) in [5.41, 5.74) is 0. The first-order chi connectivity index (χ1) is 9.20. The molecule has 1 aromatic carbocycles. The van der Waals surface area contributed by atoms with Crippen molar-refractivity contribution in [1.82, 2.24) is 5.32 Å². The number of hydrogen-bond donors (Lipinski definition) is 1. The molecule has 0 fully saturated rings. The third-order valence-electron chi connectivity index (χ3n) is 2.22. The van der Waals surface area contributed by atoms with E-state index in [9.17, 15) is 13.2 Å². The Hall–Kier alpha value is -0.980. The van der Waals surface area contributed by atoms with Crippen molar-refractivity contribution in [2.24, 2.45) is 0 Å². The van der Waals surface area contributed by atoms with Gasteiger partial charge in [0.2, 0.25) is 5.91 Å². The molecule has 0 aliphatic carbocycles. The van der Waals surface area contributed by atoms with Gasteiger partial charge in [0, 0.05) is 16.7 Å². The summed E-state index contributed by atoms with van der Waals surface area (Å²) in [5, 5.41) is 2.85. The minimum atomic E-state index is -3.82. The average Bonchev–Trinajstić information content (AvgIpc) is 2.28. The summed E-state index contributed by atoms with van der Waals surface area (Å²) >= 11 is 5.89. The van der Waals surface area contributed by atoms with Crippen molar-refractivity contribution < 1.29 is 17.9 Å². The fourth-order valence-electron chi connectivity index (χ4n) is 1.40. The van der Waals surface area contributed by atoms with Gasteiger partial charge in [-0.2, -0.15) is 0 Å². The molecule has 1 N–H and O–H groups in total. The standard InChI is InChI=1S/C12H15Cl2NO4S/c1-8(2)15-12(16)5-6-19-11-4-3-9(7-10(11)13)20(14,17)18/h3-4,7-8H,5-6H2,1-2H3,(H,15,16). The predicted octanol–water partition coefficient (Wildman–Crippen LogP) is 2.56.